The standard InChI is InChI=1S/C36H41N3O4S/c1-5-29(4)37-36(41)34(24-30-14-8-6-9-15-30)38(25-31-21-19-27(2)20-22-31)35(40)26-39(32-16-12-13-28(3)23-32)44(42,43)33-17-10-7-11-18-33/h6-23,29,34H,5,24-26H2,1-4H3,(H,37,41). The Bertz CT molecular complexity index is 1640. The van der Waals surface area contributed by atoms with E-state index < -0.39 is 28.5 Å². The molecule has 0 aromatic heterocycles. The predicted octanol–water partition coefficient (Wildman–Crippen LogP) is 6.05. The first-order valence-corrected chi connectivity index (χ1v) is 16.4. The molecule has 0 aliphatic carbocycles. The summed E-state index contributed by atoms with van der Waals surface area (Å²) in [7, 11) is -4.12. The molecule has 4 aromatic rings. The minimum atomic E-state index is -4.12. The molecule has 0 bridgehead atoms. The van der Waals surface area contributed by atoms with E-state index in [0.717, 1.165) is 33.0 Å². The SMILES string of the molecule is CCC(C)NC(=O)C(Cc1ccccc1)N(Cc1ccc(C)cc1)C(=O)CN(c1cccc(C)c1)S(=O)(=O)c1ccccc1. The highest BCUT2D eigenvalue weighted by Crippen LogP contribution is 2.26. The summed E-state index contributed by atoms with van der Waals surface area (Å²) in [5.41, 5.74) is 4.04. The molecule has 0 heterocycles. The quantitative estimate of drug-likeness (QED) is 0.199. The first-order valence-electron chi connectivity index (χ1n) is 14.9. The van der Waals surface area contributed by atoms with Crippen molar-refractivity contribution in [2.24, 2.45) is 0 Å². The molecule has 0 spiro atoms. The summed E-state index contributed by atoms with van der Waals surface area (Å²) >= 11 is 0. The van der Waals surface area contributed by atoms with Crippen LogP contribution in [0.3, 0.4) is 0 Å². The monoisotopic (exact) mass is 611 g/mol. The van der Waals surface area contributed by atoms with Gasteiger partial charge in [0.2, 0.25) is 11.8 Å². The number of rotatable bonds is 13. The zero-order chi connectivity index (χ0) is 31.7. The molecule has 2 amide bonds. The molecule has 8 heteroatoms. The van der Waals surface area contributed by atoms with Crippen LogP contribution in [0.25, 0.3) is 0 Å². The van der Waals surface area contributed by atoms with Crippen molar-refractivity contribution in [2.75, 3.05) is 10.8 Å². The van der Waals surface area contributed by atoms with Gasteiger partial charge in [0.05, 0.1) is 10.6 Å². The summed E-state index contributed by atoms with van der Waals surface area (Å²) in [6.45, 7) is 7.43. The van der Waals surface area contributed by atoms with E-state index in [1.165, 1.54) is 17.0 Å². The Kier molecular flexibility index (Phi) is 11.0. The van der Waals surface area contributed by atoms with E-state index in [2.05, 4.69) is 5.32 Å². The maximum absolute atomic E-state index is 14.5. The van der Waals surface area contributed by atoms with E-state index in [0.29, 0.717) is 5.69 Å². The van der Waals surface area contributed by atoms with Crippen LogP contribution in [0.2, 0.25) is 0 Å². The Labute approximate surface area is 261 Å². The normalized spacial score (nSPS) is 12.6. The zero-order valence-electron chi connectivity index (χ0n) is 25.8. The van der Waals surface area contributed by atoms with Crippen molar-refractivity contribution in [3.05, 3.63) is 131 Å². The fourth-order valence-electron chi connectivity index (χ4n) is 4.92. The average Bonchev–Trinajstić information content (AvgIpc) is 3.03. The molecule has 0 aliphatic heterocycles. The second-order valence-electron chi connectivity index (χ2n) is 11.2. The van der Waals surface area contributed by atoms with Crippen molar-refractivity contribution < 1.29 is 18.0 Å². The van der Waals surface area contributed by atoms with Crippen LogP contribution in [0.1, 0.15) is 42.5 Å². The number of hydrogen-bond acceptors (Lipinski definition) is 4. The predicted molar refractivity (Wildman–Crippen MR) is 176 cm³/mol. The molecule has 4 rings (SSSR count). The molecule has 0 aliphatic rings. The number of nitrogens with zero attached hydrogens (tertiary/aromatic N) is 2. The van der Waals surface area contributed by atoms with Gasteiger partial charge in [0.25, 0.3) is 10.0 Å². The van der Waals surface area contributed by atoms with E-state index in [-0.39, 0.29) is 29.8 Å². The lowest BCUT2D eigenvalue weighted by Crippen LogP contribution is -2.54. The van der Waals surface area contributed by atoms with Crippen molar-refractivity contribution in [3.8, 4) is 0 Å². The van der Waals surface area contributed by atoms with Crippen LogP contribution in [0.5, 0.6) is 0 Å². The van der Waals surface area contributed by atoms with Gasteiger partial charge in [-0.3, -0.25) is 13.9 Å². The highest BCUT2D eigenvalue weighted by molar-refractivity contribution is 7.92. The smallest absolute Gasteiger partial charge is 0.264 e. The molecule has 0 saturated heterocycles. The van der Waals surface area contributed by atoms with Gasteiger partial charge in [-0.2, -0.15) is 0 Å². The van der Waals surface area contributed by atoms with E-state index >= 15 is 0 Å². The van der Waals surface area contributed by atoms with Gasteiger partial charge < -0.3 is 10.2 Å². The van der Waals surface area contributed by atoms with Crippen LogP contribution < -0.4 is 9.62 Å². The third-order valence-corrected chi connectivity index (χ3v) is 9.43. The summed E-state index contributed by atoms with van der Waals surface area (Å²) < 4.78 is 29.3. The zero-order valence-corrected chi connectivity index (χ0v) is 26.6. The number of benzene rings is 4. The van der Waals surface area contributed by atoms with Crippen molar-refractivity contribution in [3.63, 3.8) is 0 Å². The van der Waals surface area contributed by atoms with Crippen LogP contribution in [0.15, 0.2) is 114 Å². The highest BCUT2D eigenvalue weighted by Gasteiger charge is 2.35. The lowest BCUT2D eigenvalue weighted by atomic mass is 10.0. The molecular formula is C36H41N3O4S. The second-order valence-corrected chi connectivity index (χ2v) is 13.1. The molecule has 1 N–H and O–H groups in total. The maximum Gasteiger partial charge on any atom is 0.264 e. The third kappa shape index (κ3) is 8.35. The average molecular weight is 612 g/mol. The van der Waals surface area contributed by atoms with Gasteiger partial charge in [0.15, 0.2) is 0 Å². The Morgan fingerprint density at radius 1 is 0.773 bits per heavy atom. The Balaban J connectivity index is 1.80. The molecule has 230 valence electrons. The van der Waals surface area contributed by atoms with Crippen molar-refractivity contribution >= 4 is 27.5 Å². The molecule has 0 saturated carbocycles. The number of anilines is 1. The molecule has 0 fully saturated rings. The highest BCUT2D eigenvalue weighted by atomic mass is 32.2. The minimum Gasteiger partial charge on any atom is -0.352 e. The van der Waals surface area contributed by atoms with E-state index in [4.69, 9.17) is 0 Å². The van der Waals surface area contributed by atoms with Crippen LogP contribution in [0, 0.1) is 13.8 Å². The summed E-state index contributed by atoms with van der Waals surface area (Å²) in [5, 5.41) is 3.06. The van der Waals surface area contributed by atoms with Gasteiger partial charge in [-0.25, -0.2) is 8.42 Å². The Morgan fingerprint density at radius 3 is 2.02 bits per heavy atom. The minimum absolute atomic E-state index is 0.0785. The number of amides is 2. The largest absolute Gasteiger partial charge is 0.352 e. The number of carbonyl (C=O) groups is 2. The lowest BCUT2D eigenvalue weighted by molar-refractivity contribution is -0.140. The van der Waals surface area contributed by atoms with E-state index in [1.807, 2.05) is 88.4 Å². The topological polar surface area (TPSA) is 86.8 Å². The number of aryl methyl sites for hydroxylation is 2. The van der Waals surface area contributed by atoms with Gasteiger partial charge in [-0.15, -0.1) is 0 Å². The first kappa shape index (κ1) is 32.5. The molecular weight excluding hydrogens is 570 g/mol. The Hall–Kier alpha value is -4.43. The number of sulfonamides is 1. The van der Waals surface area contributed by atoms with Gasteiger partial charge in [-0.1, -0.05) is 97.4 Å². The summed E-state index contributed by atoms with van der Waals surface area (Å²) in [5.74, 6) is -0.761. The molecule has 4 aromatic carbocycles. The van der Waals surface area contributed by atoms with Gasteiger partial charge in [0.1, 0.15) is 12.6 Å². The van der Waals surface area contributed by atoms with Crippen molar-refractivity contribution in [1.82, 2.24) is 10.2 Å². The summed E-state index contributed by atoms with van der Waals surface area (Å²) in [6, 6.07) is 31.5. The van der Waals surface area contributed by atoms with Crippen molar-refractivity contribution in [1.29, 1.82) is 0 Å². The molecule has 7 nitrogen and oxygen atoms in total. The van der Waals surface area contributed by atoms with Crippen molar-refractivity contribution in [2.45, 2.75) is 64.1 Å². The van der Waals surface area contributed by atoms with E-state index in [9.17, 15) is 18.0 Å². The first-order chi connectivity index (χ1) is 21.1. The number of carbonyl (C=O) groups excluding carboxylic acids is 2. The van der Waals surface area contributed by atoms with Crippen LogP contribution in [-0.2, 0) is 32.6 Å². The molecule has 44 heavy (non-hydrogen) atoms. The maximum atomic E-state index is 14.5. The van der Waals surface area contributed by atoms with E-state index in [1.54, 1.807) is 36.4 Å². The van der Waals surface area contributed by atoms with Crippen LogP contribution in [-0.4, -0.2) is 43.8 Å². The van der Waals surface area contributed by atoms with Crippen LogP contribution >= 0.6 is 0 Å². The fraction of sp³-hybridized carbons (Fsp3) is 0.278. The summed E-state index contributed by atoms with van der Waals surface area (Å²) in [4.78, 5) is 30.0. The Morgan fingerprint density at radius 2 is 1.41 bits per heavy atom. The molecule has 2 atom stereocenters. The van der Waals surface area contributed by atoms with Gasteiger partial charge >= 0.3 is 0 Å². The summed E-state index contributed by atoms with van der Waals surface area (Å²) in [6.07, 6.45) is 1.00. The van der Waals surface area contributed by atoms with Gasteiger partial charge in [-0.05, 0) is 68.1 Å². The van der Waals surface area contributed by atoms with Gasteiger partial charge in [0, 0.05) is 19.0 Å². The second kappa shape index (κ2) is 14.8. The number of hydrogen-bond donors (Lipinski definition) is 1. The van der Waals surface area contributed by atoms with Crippen LogP contribution in [0.4, 0.5) is 5.69 Å². The number of nitrogens with one attached hydrogen (secondary N) is 1. The fourth-order valence-corrected chi connectivity index (χ4v) is 6.34. The molecule has 2 unspecified atom stereocenters. The third-order valence-electron chi connectivity index (χ3n) is 7.65. The molecule has 0 radical (unpaired) electrons. The lowest BCUT2D eigenvalue weighted by Gasteiger charge is -2.34.